The van der Waals surface area contributed by atoms with Gasteiger partial charge in [0.05, 0.1) is 24.6 Å². The minimum absolute atomic E-state index is 0.270. The van der Waals surface area contributed by atoms with Crippen LogP contribution in [0.3, 0.4) is 0 Å². The number of carbonyl (C=O) groups excluding carboxylic acids is 1. The maximum absolute atomic E-state index is 12.7. The van der Waals surface area contributed by atoms with Gasteiger partial charge in [-0.1, -0.05) is 6.07 Å². The van der Waals surface area contributed by atoms with E-state index in [1.54, 1.807) is 5.38 Å². The molecule has 3 rings (SSSR count). The second kappa shape index (κ2) is 9.51. The van der Waals surface area contributed by atoms with Crippen LogP contribution >= 0.6 is 22.7 Å². The van der Waals surface area contributed by atoms with Gasteiger partial charge in [-0.2, -0.15) is 0 Å². The molecule has 29 heavy (non-hydrogen) atoms. The van der Waals surface area contributed by atoms with Crippen LogP contribution in [-0.4, -0.2) is 31.2 Å². The molecular weight excluding hydrogens is 428 g/mol. The summed E-state index contributed by atoms with van der Waals surface area (Å²) in [6, 6.07) is 11.3. The minimum Gasteiger partial charge on any atom is -0.494 e. The van der Waals surface area contributed by atoms with Crippen molar-refractivity contribution in [1.82, 2.24) is 10.3 Å². The Hall–Kier alpha value is -2.23. The third kappa shape index (κ3) is 5.65. The first-order valence-electron chi connectivity index (χ1n) is 9.08. The maximum Gasteiger partial charge on any atom is 0.238 e. The zero-order chi connectivity index (χ0) is 20.9. The molecule has 2 aromatic heterocycles. The zero-order valence-electron chi connectivity index (χ0n) is 16.1. The Balaban J connectivity index is 1.63. The second-order valence-electron chi connectivity index (χ2n) is 6.35. The molecule has 1 N–H and O–H groups in total. The predicted octanol–water partition coefficient (Wildman–Crippen LogP) is 3.89. The highest BCUT2D eigenvalue weighted by Gasteiger charge is 2.29. The number of nitrogens with zero attached hydrogens (tertiary/aromatic N) is 1. The van der Waals surface area contributed by atoms with E-state index in [-0.39, 0.29) is 5.75 Å². The van der Waals surface area contributed by atoms with E-state index in [2.05, 4.69) is 10.3 Å². The number of nitrogens with one attached hydrogen (secondary N) is 1. The van der Waals surface area contributed by atoms with Crippen molar-refractivity contribution in [2.75, 3.05) is 6.61 Å². The number of ether oxygens (including phenoxy) is 1. The molecule has 0 aliphatic carbocycles. The fraction of sp³-hybridized carbons (Fsp3) is 0.300. The number of benzene rings is 1. The van der Waals surface area contributed by atoms with Gasteiger partial charge >= 0.3 is 0 Å². The Kier molecular flexibility index (Phi) is 7.05. The molecule has 1 amide bonds. The summed E-state index contributed by atoms with van der Waals surface area (Å²) in [6.45, 7) is 4.26. The highest BCUT2D eigenvalue weighted by atomic mass is 32.2. The van der Waals surface area contributed by atoms with Gasteiger partial charge in [0.2, 0.25) is 5.91 Å². The molecule has 6 nitrogen and oxygen atoms in total. The Morgan fingerprint density at radius 2 is 1.97 bits per heavy atom. The van der Waals surface area contributed by atoms with Crippen molar-refractivity contribution in [3.05, 3.63) is 57.7 Å². The molecule has 0 spiro atoms. The third-order valence-corrected chi connectivity index (χ3v) is 8.04. The Morgan fingerprint density at radius 1 is 1.21 bits per heavy atom. The summed E-state index contributed by atoms with van der Waals surface area (Å²) in [5, 5.41) is 5.91. The van der Waals surface area contributed by atoms with Crippen molar-refractivity contribution in [3.8, 4) is 16.3 Å². The number of aromatic nitrogens is 1. The summed E-state index contributed by atoms with van der Waals surface area (Å²) in [5.74, 6) is 0.00653. The van der Waals surface area contributed by atoms with E-state index in [9.17, 15) is 13.2 Å². The second-order valence-corrected chi connectivity index (χ2v) is 10.6. The van der Waals surface area contributed by atoms with Crippen molar-refractivity contribution in [3.63, 3.8) is 0 Å². The van der Waals surface area contributed by atoms with Crippen LogP contribution in [0.25, 0.3) is 10.6 Å². The fourth-order valence-corrected chi connectivity index (χ4v) is 5.39. The number of hydrogen-bond acceptors (Lipinski definition) is 7. The van der Waals surface area contributed by atoms with Crippen LogP contribution in [0.15, 0.2) is 47.2 Å². The SMILES string of the molecule is CCOc1ccc(-c2nc(CS(=O)(=O)C(C)C(=O)NCc3cccs3)cs2)cc1. The van der Waals surface area contributed by atoms with Gasteiger partial charge in [0.1, 0.15) is 16.0 Å². The van der Waals surface area contributed by atoms with E-state index >= 15 is 0 Å². The van der Waals surface area contributed by atoms with Crippen LogP contribution in [-0.2, 0) is 26.9 Å². The molecule has 0 fully saturated rings. The van der Waals surface area contributed by atoms with Gasteiger partial charge in [-0.25, -0.2) is 13.4 Å². The number of thiophene rings is 1. The van der Waals surface area contributed by atoms with Crippen molar-refractivity contribution in [2.24, 2.45) is 0 Å². The van der Waals surface area contributed by atoms with E-state index in [0.717, 1.165) is 21.2 Å². The van der Waals surface area contributed by atoms with Crippen molar-refractivity contribution >= 4 is 38.4 Å². The maximum atomic E-state index is 12.7. The molecule has 0 saturated carbocycles. The predicted molar refractivity (Wildman–Crippen MR) is 117 cm³/mol. The molecule has 9 heteroatoms. The van der Waals surface area contributed by atoms with Gasteiger partial charge in [-0.3, -0.25) is 4.79 Å². The van der Waals surface area contributed by atoms with Crippen LogP contribution in [0.2, 0.25) is 0 Å². The van der Waals surface area contributed by atoms with Crippen molar-refractivity contribution < 1.29 is 17.9 Å². The van der Waals surface area contributed by atoms with E-state index in [1.165, 1.54) is 29.6 Å². The van der Waals surface area contributed by atoms with Gasteiger partial charge in [-0.05, 0) is 49.6 Å². The number of rotatable bonds is 9. The monoisotopic (exact) mass is 450 g/mol. The summed E-state index contributed by atoms with van der Waals surface area (Å²) < 4.78 is 30.7. The molecule has 1 unspecified atom stereocenters. The van der Waals surface area contributed by atoms with Crippen LogP contribution in [0.1, 0.15) is 24.4 Å². The topological polar surface area (TPSA) is 85.4 Å². The molecule has 2 heterocycles. The quantitative estimate of drug-likeness (QED) is 0.535. The third-order valence-electron chi connectivity index (χ3n) is 4.24. The number of carbonyl (C=O) groups is 1. The first kappa shape index (κ1) is 21.5. The van der Waals surface area contributed by atoms with Gasteiger partial charge in [0.15, 0.2) is 9.84 Å². The number of sulfone groups is 1. The molecule has 0 radical (unpaired) electrons. The number of hydrogen-bond donors (Lipinski definition) is 1. The lowest BCUT2D eigenvalue weighted by Crippen LogP contribution is -2.38. The van der Waals surface area contributed by atoms with Crippen LogP contribution in [0, 0.1) is 0 Å². The Bertz CT molecular complexity index is 1040. The van der Waals surface area contributed by atoms with Gasteiger partial charge < -0.3 is 10.1 Å². The average Bonchev–Trinajstić information content (AvgIpc) is 3.38. The summed E-state index contributed by atoms with van der Waals surface area (Å²) >= 11 is 2.89. The van der Waals surface area contributed by atoms with E-state index < -0.39 is 21.0 Å². The van der Waals surface area contributed by atoms with Gasteiger partial charge in [0.25, 0.3) is 0 Å². The van der Waals surface area contributed by atoms with E-state index in [0.29, 0.717) is 18.8 Å². The molecule has 0 saturated heterocycles. The molecule has 1 atom stereocenters. The minimum atomic E-state index is -3.67. The van der Waals surface area contributed by atoms with Gasteiger partial charge in [0, 0.05) is 15.8 Å². The highest BCUT2D eigenvalue weighted by Crippen LogP contribution is 2.27. The molecule has 0 aliphatic rings. The summed E-state index contributed by atoms with van der Waals surface area (Å²) in [7, 11) is -3.67. The van der Waals surface area contributed by atoms with Gasteiger partial charge in [-0.15, -0.1) is 22.7 Å². The summed E-state index contributed by atoms with van der Waals surface area (Å²) in [6.07, 6.45) is 0. The Morgan fingerprint density at radius 3 is 2.62 bits per heavy atom. The zero-order valence-corrected chi connectivity index (χ0v) is 18.6. The fourth-order valence-electron chi connectivity index (χ4n) is 2.59. The summed E-state index contributed by atoms with van der Waals surface area (Å²) in [4.78, 5) is 17.7. The normalized spacial score (nSPS) is 12.5. The molecule has 154 valence electrons. The molecule has 0 aliphatic heterocycles. The lowest BCUT2D eigenvalue weighted by atomic mass is 10.2. The van der Waals surface area contributed by atoms with E-state index in [1.807, 2.05) is 48.7 Å². The molecular formula is C20H22N2O4S3. The first-order chi connectivity index (χ1) is 13.9. The molecule has 0 bridgehead atoms. The van der Waals surface area contributed by atoms with Crippen molar-refractivity contribution in [1.29, 1.82) is 0 Å². The Labute approximate surface area is 178 Å². The summed E-state index contributed by atoms with van der Waals surface area (Å²) in [5.41, 5.74) is 1.33. The standard InChI is InChI=1S/C20H22N2O4S3/c1-3-26-17-8-6-15(7-9-17)20-22-16(12-28-20)13-29(24,25)14(2)19(23)21-11-18-5-4-10-27-18/h4-10,12,14H,3,11,13H2,1-2H3,(H,21,23). The largest absolute Gasteiger partial charge is 0.494 e. The lowest BCUT2D eigenvalue weighted by molar-refractivity contribution is -0.120. The molecule has 1 aromatic carbocycles. The smallest absolute Gasteiger partial charge is 0.238 e. The van der Waals surface area contributed by atoms with Crippen LogP contribution in [0.5, 0.6) is 5.75 Å². The first-order valence-corrected chi connectivity index (χ1v) is 12.6. The van der Waals surface area contributed by atoms with Crippen LogP contribution in [0.4, 0.5) is 0 Å². The van der Waals surface area contributed by atoms with Crippen molar-refractivity contribution in [2.45, 2.75) is 31.4 Å². The lowest BCUT2D eigenvalue weighted by Gasteiger charge is -2.12. The molecule has 3 aromatic rings. The van der Waals surface area contributed by atoms with Crippen LogP contribution < -0.4 is 10.1 Å². The average molecular weight is 451 g/mol. The number of thiazole rings is 1. The highest BCUT2D eigenvalue weighted by molar-refractivity contribution is 7.92. The van der Waals surface area contributed by atoms with E-state index in [4.69, 9.17) is 4.74 Å². The number of amides is 1.